The summed E-state index contributed by atoms with van der Waals surface area (Å²) in [6.45, 7) is 1.69. The average molecular weight is 318 g/mol. The zero-order valence-corrected chi connectivity index (χ0v) is 12.2. The molecule has 0 fully saturated rings. The van der Waals surface area contributed by atoms with Gasteiger partial charge in [0.15, 0.2) is 6.10 Å². The summed E-state index contributed by atoms with van der Waals surface area (Å²) < 4.78 is 11.0. The van der Waals surface area contributed by atoms with Crippen molar-refractivity contribution in [2.75, 3.05) is 0 Å². The monoisotopic (exact) mass is 318 g/mol. The highest BCUT2D eigenvalue weighted by Crippen LogP contribution is 2.29. The van der Waals surface area contributed by atoms with Crippen molar-refractivity contribution in [1.82, 2.24) is 4.98 Å². The maximum atomic E-state index is 11.9. The van der Waals surface area contributed by atoms with Gasteiger partial charge in [-0.3, -0.25) is 10.1 Å². The van der Waals surface area contributed by atoms with Gasteiger partial charge in [-0.1, -0.05) is 12.1 Å². The number of para-hydroxylation sites is 1. The van der Waals surface area contributed by atoms with E-state index in [2.05, 4.69) is 4.98 Å². The van der Waals surface area contributed by atoms with Gasteiger partial charge in [0.25, 0.3) is 0 Å². The van der Waals surface area contributed by atoms with Crippen molar-refractivity contribution in [2.24, 2.45) is 0 Å². The predicted octanol–water partition coefficient (Wildman–Crippen LogP) is 3.72. The minimum Gasteiger partial charge on any atom is -0.449 e. The van der Waals surface area contributed by atoms with Crippen LogP contribution in [0.1, 0.15) is 28.6 Å². The third-order valence-electron chi connectivity index (χ3n) is 2.91. The normalized spacial score (nSPS) is 12.2. The first-order valence-corrected chi connectivity index (χ1v) is 7.17. The summed E-state index contributed by atoms with van der Waals surface area (Å²) in [5.41, 5.74) is 0.832. The number of aromatic nitrogens is 1. The standard InChI is InChI=1S/C14H10N2O5S/c1-8(13-15-9-4-2-3-5-11(9)22-13)20-14(17)10-6-7-12(21-10)16(18)19/h2-8H,1H3/t8-/m0/s1. The summed E-state index contributed by atoms with van der Waals surface area (Å²) in [4.78, 5) is 26.1. The first-order valence-electron chi connectivity index (χ1n) is 6.35. The molecule has 3 aromatic rings. The second-order valence-corrected chi connectivity index (χ2v) is 5.52. The Morgan fingerprint density at radius 3 is 2.82 bits per heavy atom. The van der Waals surface area contributed by atoms with Gasteiger partial charge in [-0.25, -0.2) is 9.78 Å². The van der Waals surface area contributed by atoms with Crippen molar-refractivity contribution < 1.29 is 18.9 Å². The first kappa shape index (κ1) is 14.2. The summed E-state index contributed by atoms with van der Waals surface area (Å²) in [6.07, 6.45) is -0.575. The van der Waals surface area contributed by atoms with E-state index >= 15 is 0 Å². The van der Waals surface area contributed by atoms with E-state index in [1.807, 2.05) is 24.3 Å². The number of nitro groups is 1. The third-order valence-corrected chi connectivity index (χ3v) is 4.11. The molecule has 1 atom stereocenters. The molecule has 2 heterocycles. The van der Waals surface area contributed by atoms with Gasteiger partial charge < -0.3 is 9.15 Å². The quantitative estimate of drug-likeness (QED) is 0.413. The molecule has 3 rings (SSSR count). The van der Waals surface area contributed by atoms with Gasteiger partial charge in [0.05, 0.1) is 16.3 Å². The van der Waals surface area contributed by atoms with E-state index in [1.54, 1.807) is 6.92 Å². The Bertz CT molecular complexity index is 821. The molecule has 0 amide bonds. The minimum absolute atomic E-state index is 0.209. The van der Waals surface area contributed by atoms with Crippen LogP contribution in [0, 0.1) is 10.1 Å². The Morgan fingerprint density at radius 1 is 1.36 bits per heavy atom. The molecule has 0 saturated heterocycles. The lowest BCUT2D eigenvalue weighted by Crippen LogP contribution is -2.08. The molecule has 112 valence electrons. The Labute approximate surface area is 128 Å². The molecule has 7 nitrogen and oxygen atoms in total. The topological polar surface area (TPSA) is 95.5 Å². The van der Waals surface area contributed by atoms with E-state index < -0.39 is 22.9 Å². The molecule has 22 heavy (non-hydrogen) atoms. The van der Waals surface area contributed by atoms with Crippen LogP contribution in [0.2, 0.25) is 0 Å². The molecule has 1 aromatic carbocycles. The molecule has 0 bridgehead atoms. The van der Waals surface area contributed by atoms with Gasteiger partial charge >= 0.3 is 11.9 Å². The molecule has 8 heteroatoms. The van der Waals surface area contributed by atoms with Crippen molar-refractivity contribution in [3.63, 3.8) is 0 Å². The van der Waals surface area contributed by atoms with E-state index in [-0.39, 0.29) is 5.76 Å². The number of benzene rings is 1. The lowest BCUT2D eigenvalue weighted by atomic mass is 10.3. The van der Waals surface area contributed by atoms with Gasteiger partial charge in [-0.05, 0) is 25.1 Å². The van der Waals surface area contributed by atoms with E-state index in [0.29, 0.717) is 5.01 Å². The smallest absolute Gasteiger partial charge is 0.433 e. The summed E-state index contributed by atoms with van der Waals surface area (Å²) in [6, 6.07) is 9.92. The zero-order chi connectivity index (χ0) is 15.7. The molecule has 0 aliphatic rings. The van der Waals surface area contributed by atoms with Crippen LogP contribution in [0.15, 0.2) is 40.8 Å². The largest absolute Gasteiger partial charge is 0.449 e. The molecular formula is C14H10N2O5S. The highest BCUT2D eigenvalue weighted by atomic mass is 32.1. The predicted molar refractivity (Wildman–Crippen MR) is 78.8 cm³/mol. The number of carbonyl (C=O) groups is 1. The molecule has 0 radical (unpaired) electrons. The zero-order valence-electron chi connectivity index (χ0n) is 11.4. The number of nitrogens with zero attached hydrogens (tertiary/aromatic N) is 2. The maximum absolute atomic E-state index is 11.9. The summed E-state index contributed by atoms with van der Waals surface area (Å²) in [5, 5.41) is 11.2. The van der Waals surface area contributed by atoms with E-state index in [0.717, 1.165) is 16.3 Å². The number of furan rings is 1. The highest BCUT2D eigenvalue weighted by Gasteiger charge is 2.22. The van der Waals surface area contributed by atoms with E-state index in [4.69, 9.17) is 9.15 Å². The summed E-state index contributed by atoms with van der Waals surface area (Å²) in [5.74, 6) is -1.47. The van der Waals surface area contributed by atoms with Crippen LogP contribution >= 0.6 is 11.3 Å². The third kappa shape index (κ3) is 2.68. The van der Waals surface area contributed by atoms with Gasteiger partial charge in [-0.2, -0.15) is 0 Å². The van der Waals surface area contributed by atoms with Crippen LogP contribution in [-0.4, -0.2) is 15.9 Å². The van der Waals surface area contributed by atoms with Crippen molar-refractivity contribution >= 4 is 33.4 Å². The number of esters is 1. The number of hydrogen-bond donors (Lipinski definition) is 0. The van der Waals surface area contributed by atoms with Crippen molar-refractivity contribution in [3.05, 3.63) is 57.3 Å². The Balaban J connectivity index is 1.76. The second-order valence-electron chi connectivity index (χ2n) is 4.46. The highest BCUT2D eigenvalue weighted by molar-refractivity contribution is 7.18. The van der Waals surface area contributed by atoms with Gasteiger partial charge in [0.1, 0.15) is 9.93 Å². The Morgan fingerprint density at radius 2 is 2.14 bits per heavy atom. The Kier molecular flexibility index (Phi) is 3.60. The van der Waals surface area contributed by atoms with Crippen LogP contribution in [0.25, 0.3) is 10.2 Å². The van der Waals surface area contributed by atoms with Crippen LogP contribution in [0.3, 0.4) is 0 Å². The molecule has 0 N–H and O–H groups in total. The molecule has 0 saturated carbocycles. The first-order chi connectivity index (χ1) is 10.5. The van der Waals surface area contributed by atoms with E-state index in [9.17, 15) is 14.9 Å². The van der Waals surface area contributed by atoms with Crippen molar-refractivity contribution in [3.8, 4) is 0 Å². The minimum atomic E-state index is -0.764. The molecule has 0 aliphatic carbocycles. The number of fused-ring (bicyclic) bond motifs is 1. The SMILES string of the molecule is C[C@H](OC(=O)c1ccc([N+](=O)[O-])o1)c1nc2ccccc2s1. The van der Waals surface area contributed by atoms with Crippen LogP contribution < -0.4 is 0 Å². The second kappa shape index (κ2) is 5.57. The van der Waals surface area contributed by atoms with Gasteiger partial charge in [0.2, 0.25) is 5.76 Å². The summed E-state index contributed by atoms with van der Waals surface area (Å²) >= 11 is 1.43. The lowest BCUT2D eigenvalue weighted by Gasteiger charge is -2.08. The fraction of sp³-hybridized carbons (Fsp3) is 0.143. The molecule has 0 aliphatic heterocycles. The number of hydrogen-bond acceptors (Lipinski definition) is 7. The average Bonchev–Trinajstić information content (AvgIpc) is 3.14. The molecule has 0 unspecified atom stereocenters. The number of carbonyl (C=O) groups excluding carboxylic acids is 1. The van der Waals surface area contributed by atoms with Crippen LogP contribution in [0.4, 0.5) is 5.88 Å². The molecule has 2 aromatic heterocycles. The number of rotatable bonds is 4. The van der Waals surface area contributed by atoms with Crippen molar-refractivity contribution in [2.45, 2.75) is 13.0 Å². The number of ether oxygens (including phenoxy) is 1. The Hall–Kier alpha value is -2.74. The lowest BCUT2D eigenvalue weighted by molar-refractivity contribution is -0.402. The fourth-order valence-electron chi connectivity index (χ4n) is 1.87. The summed E-state index contributed by atoms with van der Waals surface area (Å²) in [7, 11) is 0. The maximum Gasteiger partial charge on any atom is 0.433 e. The number of thiazole rings is 1. The molecule has 0 spiro atoms. The van der Waals surface area contributed by atoms with Crippen LogP contribution in [-0.2, 0) is 4.74 Å². The van der Waals surface area contributed by atoms with Gasteiger partial charge in [0, 0.05) is 0 Å². The molecular weight excluding hydrogens is 308 g/mol. The van der Waals surface area contributed by atoms with E-state index in [1.165, 1.54) is 17.4 Å². The fourth-order valence-corrected chi connectivity index (χ4v) is 2.82. The van der Waals surface area contributed by atoms with Gasteiger partial charge in [-0.15, -0.1) is 11.3 Å². The van der Waals surface area contributed by atoms with Crippen molar-refractivity contribution in [1.29, 1.82) is 0 Å². The van der Waals surface area contributed by atoms with Crippen LogP contribution in [0.5, 0.6) is 0 Å².